The van der Waals surface area contributed by atoms with Gasteiger partial charge in [0.15, 0.2) is 0 Å². The van der Waals surface area contributed by atoms with Gasteiger partial charge in [0.05, 0.1) is 35.0 Å². The molecule has 1 heterocycles. The van der Waals surface area contributed by atoms with Gasteiger partial charge in [-0.3, -0.25) is 4.79 Å². The average Bonchev–Trinajstić information content (AvgIpc) is 3.13. The van der Waals surface area contributed by atoms with Crippen molar-refractivity contribution in [2.45, 2.75) is 13.0 Å². The quantitative estimate of drug-likeness (QED) is 0.593. The molecule has 0 saturated carbocycles. The van der Waals surface area contributed by atoms with Crippen LogP contribution in [0.25, 0.3) is 0 Å². The molecule has 0 unspecified atom stereocenters. The van der Waals surface area contributed by atoms with Gasteiger partial charge in [0.1, 0.15) is 6.61 Å². The van der Waals surface area contributed by atoms with Gasteiger partial charge in [-0.1, -0.05) is 47.5 Å². The van der Waals surface area contributed by atoms with Gasteiger partial charge in [0.25, 0.3) is 0 Å². The van der Waals surface area contributed by atoms with Crippen molar-refractivity contribution in [3.63, 3.8) is 0 Å². The molecule has 5 nitrogen and oxygen atoms in total. The fraction of sp³-hybridized carbons (Fsp3) is 0.158. The lowest BCUT2D eigenvalue weighted by Crippen LogP contribution is -2.13. The van der Waals surface area contributed by atoms with E-state index >= 15 is 0 Å². The second-order valence-electron chi connectivity index (χ2n) is 5.58. The van der Waals surface area contributed by atoms with Gasteiger partial charge >= 0.3 is 5.97 Å². The Bertz CT molecular complexity index is 862. The molecule has 3 aromatic rings. The molecule has 26 heavy (non-hydrogen) atoms. The number of nitrogens with zero attached hydrogens (tertiary/aromatic N) is 2. The minimum absolute atomic E-state index is 0.148. The van der Waals surface area contributed by atoms with E-state index in [-0.39, 0.29) is 12.4 Å². The first-order valence-electron chi connectivity index (χ1n) is 8.04. The van der Waals surface area contributed by atoms with E-state index in [1.54, 1.807) is 30.7 Å². The maximum Gasteiger partial charge on any atom is 0.310 e. The zero-order valence-corrected chi connectivity index (χ0v) is 15.4. The SMILES string of the molecule is O=C(Cc1ccccc1Nc1c(Cl)cccc1Cl)OCCn1ccnc1. The van der Waals surface area contributed by atoms with Crippen LogP contribution >= 0.6 is 23.2 Å². The molecule has 1 aromatic heterocycles. The molecule has 2 aromatic carbocycles. The number of carbonyl (C=O) groups excluding carboxylic acids is 1. The third-order valence-corrected chi connectivity index (χ3v) is 4.38. The molecule has 134 valence electrons. The number of aromatic nitrogens is 2. The summed E-state index contributed by atoms with van der Waals surface area (Å²) in [5, 5.41) is 4.23. The van der Waals surface area contributed by atoms with Crippen LogP contribution in [0.1, 0.15) is 5.56 Å². The number of benzene rings is 2. The van der Waals surface area contributed by atoms with Crippen LogP contribution in [0.3, 0.4) is 0 Å². The van der Waals surface area contributed by atoms with Crippen molar-refractivity contribution in [1.82, 2.24) is 9.55 Å². The molecule has 0 fully saturated rings. The van der Waals surface area contributed by atoms with E-state index in [1.807, 2.05) is 35.0 Å². The van der Waals surface area contributed by atoms with Crippen molar-refractivity contribution in [2.24, 2.45) is 0 Å². The smallest absolute Gasteiger partial charge is 0.310 e. The summed E-state index contributed by atoms with van der Waals surface area (Å²) >= 11 is 12.4. The van der Waals surface area contributed by atoms with E-state index in [1.165, 1.54) is 0 Å². The first-order valence-corrected chi connectivity index (χ1v) is 8.79. The molecule has 7 heteroatoms. The molecule has 0 aliphatic heterocycles. The Morgan fingerprint density at radius 3 is 2.62 bits per heavy atom. The third-order valence-electron chi connectivity index (χ3n) is 3.75. The third kappa shape index (κ3) is 4.77. The van der Waals surface area contributed by atoms with Gasteiger partial charge in [-0.15, -0.1) is 0 Å². The largest absolute Gasteiger partial charge is 0.464 e. The highest BCUT2D eigenvalue weighted by atomic mass is 35.5. The summed E-state index contributed by atoms with van der Waals surface area (Å²) in [5.74, 6) is -0.301. The first-order chi connectivity index (χ1) is 12.6. The zero-order valence-electron chi connectivity index (χ0n) is 13.9. The topological polar surface area (TPSA) is 56.1 Å². The molecule has 0 aliphatic carbocycles. The zero-order chi connectivity index (χ0) is 18.4. The van der Waals surface area contributed by atoms with Crippen LogP contribution in [0.5, 0.6) is 0 Å². The molecule has 0 atom stereocenters. The number of hydrogen-bond donors (Lipinski definition) is 1. The molecule has 0 aliphatic rings. The van der Waals surface area contributed by atoms with Gasteiger partial charge in [0, 0.05) is 18.1 Å². The normalized spacial score (nSPS) is 10.5. The van der Waals surface area contributed by atoms with Crippen LogP contribution < -0.4 is 5.32 Å². The van der Waals surface area contributed by atoms with Crippen molar-refractivity contribution in [3.05, 3.63) is 76.8 Å². The number of anilines is 2. The number of halogens is 2. The van der Waals surface area contributed by atoms with Gasteiger partial charge in [-0.05, 0) is 23.8 Å². The summed E-state index contributed by atoms with van der Waals surface area (Å²) in [7, 11) is 0. The van der Waals surface area contributed by atoms with E-state index in [4.69, 9.17) is 27.9 Å². The Kier molecular flexibility index (Phi) is 6.15. The number of ether oxygens (including phenoxy) is 1. The van der Waals surface area contributed by atoms with E-state index in [2.05, 4.69) is 10.3 Å². The standard InChI is InChI=1S/C19H17Cl2N3O2/c20-15-5-3-6-16(21)19(15)23-17-7-2-1-4-14(17)12-18(25)26-11-10-24-9-8-22-13-24/h1-9,13,23H,10-12H2. The second kappa shape index (κ2) is 8.74. The van der Waals surface area contributed by atoms with Crippen LogP contribution in [-0.2, 0) is 22.5 Å². The monoisotopic (exact) mass is 389 g/mol. The fourth-order valence-corrected chi connectivity index (χ4v) is 2.93. The molecule has 0 amide bonds. The highest BCUT2D eigenvalue weighted by Gasteiger charge is 2.12. The van der Waals surface area contributed by atoms with Crippen LogP contribution in [0.4, 0.5) is 11.4 Å². The average molecular weight is 390 g/mol. The molecular formula is C19H17Cl2N3O2. The van der Waals surface area contributed by atoms with Crippen molar-refractivity contribution < 1.29 is 9.53 Å². The Hall–Kier alpha value is -2.50. The minimum atomic E-state index is -0.301. The van der Waals surface area contributed by atoms with E-state index < -0.39 is 0 Å². The van der Waals surface area contributed by atoms with Crippen molar-refractivity contribution in [2.75, 3.05) is 11.9 Å². The number of carbonyl (C=O) groups is 1. The molecule has 0 radical (unpaired) electrons. The molecular weight excluding hydrogens is 373 g/mol. The molecule has 0 bridgehead atoms. The molecule has 0 spiro atoms. The number of esters is 1. The fourth-order valence-electron chi connectivity index (χ4n) is 2.44. The lowest BCUT2D eigenvalue weighted by Gasteiger charge is -2.14. The maximum atomic E-state index is 12.2. The summed E-state index contributed by atoms with van der Waals surface area (Å²) in [5.41, 5.74) is 2.17. The lowest BCUT2D eigenvalue weighted by molar-refractivity contribution is -0.143. The summed E-state index contributed by atoms with van der Waals surface area (Å²) in [6.07, 6.45) is 5.33. The summed E-state index contributed by atoms with van der Waals surface area (Å²) < 4.78 is 7.15. The van der Waals surface area contributed by atoms with Crippen molar-refractivity contribution >= 4 is 40.5 Å². The minimum Gasteiger partial charge on any atom is -0.464 e. The lowest BCUT2D eigenvalue weighted by atomic mass is 10.1. The predicted molar refractivity (Wildman–Crippen MR) is 103 cm³/mol. The summed E-state index contributed by atoms with van der Waals surface area (Å²) in [6.45, 7) is 0.863. The Labute approximate surface area is 161 Å². The Balaban J connectivity index is 1.64. The summed E-state index contributed by atoms with van der Waals surface area (Å²) in [4.78, 5) is 16.1. The van der Waals surface area contributed by atoms with Gasteiger partial charge in [0.2, 0.25) is 0 Å². The number of para-hydroxylation sites is 2. The highest BCUT2D eigenvalue weighted by molar-refractivity contribution is 6.39. The molecule has 0 saturated heterocycles. The van der Waals surface area contributed by atoms with Crippen molar-refractivity contribution in [1.29, 1.82) is 0 Å². The molecule has 3 rings (SSSR count). The van der Waals surface area contributed by atoms with Crippen LogP contribution in [-0.4, -0.2) is 22.1 Å². The Morgan fingerprint density at radius 1 is 1.12 bits per heavy atom. The number of hydrogen-bond acceptors (Lipinski definition) is 4. The number of rotatable bonds is 7. The first kappa shape index (κ1) is 18.3. The van der Waals surface area contributed by atoms with E-state index in [0.29, 0.717) is 28.9 Å². The highest BCUT2D eigenvalue weighted by Crippen LogP contribution is 2.33. The predicted octanol–water partition coefficient (Wildman–Crippen LogP) is 4.72. The Morgan fingerprint density at radius 2 is 1.88 bits per heavy atom. The van der Waals surface area contributed by atoms with E-state index in [0.717, 1.165) is 11.3 Å². The maximum absolute atomic E-state index is 12.2. The van der Waals surface area contributed by atoms with Crippen LogP contribution in [0, 0.1) is 0 Å². The van der Waals surface area contributed by atoms with Crippen LogP contribution in [0.15, 0.2) is 61.2 Å². The van der Waals surface area contributed by atoms with Gasteiger partial charge < -0.3 is 14.6 Å². The number of imidazole rings is 1. The summed E-state index contributed by atoms with van der Waals surface area (Å²) in [6, 6.07) is 12.8. The van der Waals surface area contributed by atoms with Crippen molar-refractivity contribution in [3.8, 4) is 0 Å². The van der Waals surface area contributed by atoms with Crippen LogP contribution in [0.2, 0.25) is 10.0 Å². The second-order valence-corrected chi connectivity index (χ2v) is 6.39. The van der Waals surface area contributed by atoms with Gasteiger partial charge in [-0.2, -0.15) is 0 Å². The van der Waals surface area contributed by atoms with E-state index in [9.17, 15) is 4.79 Å². The number of nitrogens with one attached hydrogen (secondary N) is 1. The molecule has 1 N–H and O–H groups in total. The van der Waals surface area contributed by atoms with Gasteiger partial charge in [-0.25, -0.2) is 4.98 Å².